The summed E-state index contributed by atoms with van der Waals surface area (Å²) in [5.41, 5.74) is 1.14. The number of alkyl halides is 3. The molecular formula is C22H28F3N3O. The van der Waals surface area contributed by atoms with Crippen LogP contribution in [-0.2, 0) is 18.1 Å². The molecule has 2 rings (SSSR count). The van der Waals surface area contributed by atoms with Gasteiger partial charge in [0.15, 0.2) is 5.96 Å². The number of hydrogen-bond acceptors (Lipinski definition) is 2. The molecule has 0 saturated heterocycles. The Bertz CT molecular complexity index is 868. The first-order valence-corrected chi connectivity index (χ1v) is 9.44. The van der Waals surface area contributed by atoms with Gasteiger partial charge in [0.2, 0.25) is 0 Å². The second-order valence-electron chi connectivity index (χ2n) is 8.27. The molecule has 0 aliphatic heterocycles. The SMILES string of the molecule is CC(C)NC(=NCc1cccc(C(F)(F)F)c1)Nc1cc(C(C)(C)C)ccc1O. The molecule has 0 atom stereocenters. The molecule has 0 aliphatic carbocycles. The van der Waals surface area contributed by atoms with E-state index in [0.717, 1.165) is 17.7 Å². The van der Waals surface area contributed by atoms with E-state index in [4.69, 9.17) is 0 Å². The molecular weight excluding hydrogens is 379 g/mol. The summed E-state index contributed by atoms with van der Waals surface area (Å²) >= 11 is 0. The number of phenols is 1. The molecule has 0 aliphatic rings. The number of rotatable bonds is 4. The van der Waals surface area contributed by atoms with Crippen molar-refractivity contribution in [2.24, 2.45) is 4.99 Å². The molecule has 0 aromatic heterocycles. The van der Waals surface area contributed by atoms with Crippen LogP contribution in [0.1, 0.15) is 51.3 Å². The molecule has 0 bridgehead atoms. The van der Waals surface area contributed by atoms with Crippen LogP contribution in [0.25, 0.3) is 0 Å². The minimum absolute atomic E-state index is 0.0377. The van der Waals surface area contributed by atoms with Gasteiger partial charge in [-0.15, -0.1) is 0 Å². The Morgan fingerprint density at radius 3 is 2.31 bits per heavy atom. The summed E-state index contributed by atoms with van der Waals surface area (Å²) in [6.45, 7) is 10.1. The number of aliphatic imine (C=N–C) groups is 1. The number of nitrogens with zero attached hydrogens (tertiary/aromatic N) is 1. The van der Waals surface area contributed by atoms with Crippen LogP contribution in [-0.4, -0.2) is 17.1 Å². The highest BCUT2D eigenvalue weighted by Gasteiger charge is 2.30. The Morgan fingerprint density at radius 1 is 1.03 bits per heavy atom. The molecule has 0 radical (unpaired) electrons. The Morgan fingerprint density at radius 2 is 1.72 bits per heavy atom. The number of aromatic hydroxyl groups is 1. The number of hydrogen-bond donors (Lipinski definition) is 3. The van der Waals surface area contributed by atoms with Crippen LogP contribution in [0.15, 0.2) is 47.5 Å². The first kappa shape index (κ1) is 22.6. The molecule has 3 N–H and O–H groups in total. The lowest BCUT2D eigenvalue weighted by Gasteiger charge is -2.22. The van der Waals surface area contributed by atoms with Crippen molar-refractivity contribution in [1.29, 1.82) is 0 Å². The zero-order valence-electron chi connectivity index (χ0n) is 17.4. The van der Waals surface area contributed by atoms with Gasteiger partial charge in [-0.3, -0.25) is 0 Å². The van der Waals surface area contributed by atoms with E-state index in [1.54, 1.807) is 12.1 Å². The van der Waals surface area contributed by atoms with Gasteiger partial charge >= 0.3 is 6.18 Å². The highest BCUT2D eigenvalue weighted by Crippen LogP contribution is 2.31. The van der Waals surface area contributed by atoms with Gasteiger partial charge in [0.05, 0.1) is 17.8 Å². The monoisotopic (exact) mass is 407 g/mol. The molecule has 0 saturated carbocycles. The molecule has 0 amide bonds. The van der Waals surface area contributed by atoms with Gasteiger partial charge in [0.1, 0.15) is 5.75 Å². The summed E-state index contributed by atoms with van der Waals surface area (Å²) in [5.74, 6) is 0.439. The maximum Gasteiger partial charge on any atom is 0.416 e. The van der Waals surface area contributed by atoms with E-state index in [1.807, 2.05) is 26.0 Å². The molecule has 0 spiro atoms. The summed E-state index contributed by atoms with van der Waals surface area (Å²) in [7, 11) is 0. The van der Waals surface area contributed by atoms with E-state index >= 15 is 0 Å². The summed E-state index contributed by atoms with van der Waals surface area (Å²) < 4.78 is 38.7. The predicted molar refractivity (Wildman–Crippen MR) is 111 cm³/mol. The lowest BCUT2D eigenvalue weighted by Crippen LogP contribution is -2.36. The third-order valence-corrected chi connectivity index (χ3v) is 4.22. The van der Waals surface area contributed by atoms with Crippen LogP contribution >= 0.6 is 0 Å². The van der Waals surface area contributed by atoms with Gasteiger partial charge in [-0.05, 0) is 54.7 Å². The number of halogens is 3. The van der Waals surface area contributed by atoms with Crippen LogP contribution in [0, 0.1) is 0 Å². The van der Waals surface area contributed by atoms with Gasteiger partial charge in [-0.1, -0.05) is 39.0 Å². The minimum atomic E-state index is -4.39. The third kappa shape index (κ3) is 6.69. The van der Waals surface area contributed by atoms with E-state index in [1.165, 1.54) is 6.07 Å². The maximum absolute atomic E-state index is 12.9. The maximum atomic E-state index is 12.9. The Kier molecular flexibility index (Phi) is 6.82. The molecule has 0 unspecified atom stereocenters. The second kappa shape index (κ2) is 8.76. The van der Waals surface area contributed by atoms with E-state index in [-0.39, 0.29) is 23.8 Å². The standard InChI is InChI=1S/C22H28F3N3O/c1-14(2)27-20(26-13-15-7-6-8-17(11-15)22(23,24)25)28-18-12-16(21(3,4)5)9-10-19(18)29/h6-12,14,29H,13H2,1-5H3,(H2,26,27,28). The lowest BCUT2D eigenvalue weighted by molar-refractivity contribution is -0.137. The Labute approximate surface area is 169 Å². The van der Waals surface area contributed by atoms with Crippen molar-refractivity contribution >= 4 is 11.6 Å². The number of benzene rings is 2. The molecule has 0 fully saturated rings. The van der Waals surface area contributed by atoms with Crippen LogP contribution in [0.5, 0.6) is 5.75 Å². The number of phenolic OH excluding ortho intramolecular Hbond substituents is 1. The summed E-state index contributed by atoms with van der Waals surface area (Å²) in [6.07, 6.45) is -4.39. The molecule has 2 aromatic rings. The van der Waals surface area contributed by atoms with Crippen molar-refractivity contribution in [2.45, 2.75) is 58.8 Å². The second-order valence-corrected chi connectivity index (χ2v) is 8.27. The normalized spacial score (nSPS) is 12.9. The molecule has 0 heterocycles. The molecule has 158 valence electrons. The number of guanidine groups is 1. The molecule has 4 nitrogen and oxygen atoms in total. The van der Waals surface area contributed by atoms with E-state index in [9.17, 15) is 18.3 Å². The van der Waals surface area contributed by atoms with Gasteiger partial charge < -0.3 is 15.7 Å². The van der Waals surface area contributed by atoms with Gasteiger partial charge in [-0.2, -0.15) is 13.2 Å². The zero-order chi connectivity index (χ0) is 21.8. The number of anilines is 1. The van der Waals surface area contributed by atoms with Crippen LogP contribution < -0.4 is 10.6 Å². The van der Waals surface area contributed by atoms with Crippen molar-refractivity contribution in [3.8, 4) is 5.75 Å². The van der Waals surface area contributed by atoms with Crippen molar-refractivity contribution in [1.82, 2.24) is 5.32 Å². The smallest absolute Gasteiger partial charge is 0.416 e. The van der Waals surface area contributed by atoms with Crippen LogP contribution in [0.3, 0.4) is 0 Å². The van der Waals surface area contributed by atoms with Gasteiger partial charge in [-0.25, -0.2) is 4.99 Å². The van der Waals surface area contributed by atoms with Crippen LogP contribution in [0.2, 0.25) is 0 Å². The van der Waals surface area contributed by atoms with Crippen molar-refractivity contribution < 1.29 is 18.3 Å². The number of nitrogens with one attached hydrogen (secondary N) is 2. The fourth-order valence-corrected chi connectivity index (χ4v) is 2.64. The third-order valence-electron chi connectivity index (χ3n) is 4.22. The van der Waals surface area contributed by atoms with Gasteiger partial charge in [0.25, 0.3) is 0 Å². The fourth-order valence-electron chi connectivity index (χ4n) is 2.64. The van der Waals surface area contributed by atoms with E-state index in [2.05, 4.69) is 36.4 Å². The van der Waals surface area contributed by atoms with Crippen molar-refractivity contribution in [2.75, 3.05) is 5.32 Å². The first-order chi connectivity index (χ1) is 13.4. The largest absolute Gasteiger partial charge is 0.506 e. The average molecular weight is 407 g/mol. The van der Waals surface area contributed by atoms with E-state index in [0.29, 0.717) is 17.2 Å². The minimum Gasteiger partial charge on any atom is -0.506 e. The average Bonchev–Trinajstić information content (AvgIpc) is 2.59. The highest BCUT2D eigenvalue weighted by atomic mass is 19.4. The fraction of sp³-hybridized carbons (Fsp3) is 0.409. The first-order valence-electron chi connectivity index (χ1n) is 9.44. The summed E-state index contributed by atoms with van der Waals surface area (Å²) in [4.78, 5) is 4.40. The predicted octanol–water partition coefficient (Wildman–Crippen LogP) is 5.67. The Hall–Kier alpha value is -2.70. The van der Waals surface area contributed by atoms with Crippen molar-refractivity contribution in [3.05, 3.63) is 59.2 Å². The van der Waals surface area contributed by atoms with Crippen molar-refractivity contribution in [3.63, 3.8) is 0 Å². The summed E-state index contributed by atoms with van der Waals surface area (Å²) in [5, 5.41) is 16.4. The quantitative estimate of drug-likeness (QED) is 0.347. The zero-order valence-corrected chi connectivity index (χ0v) is 17.4. The Balaban J connectivity index is 2.29. The molecule has 2 aromatic carbocycles. The lowest BCUT2D eigenvalue weighted by atomic mass is 9.87. The topological polar surface area (TPSA) is 56.7 Å². The molecule has 7 heteroatoms. The highest BCUT2D eigenvalue weighted by molar-refractivity contribution is 5.95. The van der Waals surface area contributed by atoms with Crippen LogP contribution in [0.4, 0.5) is 18.9 Å². The van der Waals surface area contributed by atoms with E-state index < -0.39 is 11.7 Å². The van der Waals surface area contributed by atoms with Gasteiger partial charge in [0, 0.05) is 6.04 Å². The molecule has 29 heavy (non-hydrogen) atoms. The summed E-state index contributed by atoms with van der Waals surface area (Å²) in [6, 6.07) is 10.5.